The number of carbonyl (C=O) groups excluding carboxylic acids is 1. The molecule has 9 nitrogen and oxygen atoms in total. The van der Waals surface area contributed by atoms with E-state index in [9.17, 15) is 9.59 Å². The summed E-state index contributed by atoms with van der Waals surface area (Å²) in [6.45, 7) is 10.3. The molecule has 0 spiro atoms. The summed E-state index contributed by atoms with van der Waals surface area (Å²) in [4.78, 5) is 27.5. The molecule has 0 saturated carbocycles. The first-order valence-electron chi connectivity index (χ1n) is 14.8. The number of benzene rings is 2. The van der Waals surface area contributed by atoms with Crippen molar-refractivity contribution in [2.45, 2.75) is 97.2 Å². The van der Waals surface area contributed by atoms with Gasteiger partial charge in [-0.05, 0) is 80.5 Å². The second-order valence-corrected chi connectivity index (χ2v) is 12.2. The summed E-state index contributed by atoms with van der Waals surface area (Å²) in [6.07, 6.45) is 6.13. The molecule has 1 aliphatic heterocycles. The summed E-state index contributed by atoms with van der Waals surface area (Å²) in [6, 6.07) is 16.0. The van der Waals surface area contributed by atoms with E-state index >= 15 is 0 Å². The van der Waals surface area contributed by atoms with Crippen LogP contribution in [0.15, 0.2) is 53.3 Å². The monoisotopic (exact) mass is 555 g/mol. The third-order valence-electron chi connectivity index (χ3n) is 7.89. The first-order valence-corrected chi connectivity index (χ1v) is 14.8. The van der Waals surface area contributed by atoms with Crippen LogP contribution in [0.3, 0.4) is 0 Å². The molecule has 2 N–H and O–H groups in total. The molecule has 2 aromatic carbocycles. The number of hydrogen-bond donors (Lipinski definition) is 2. The lowest BCUT2D eigenvalue weighted by Gasteiger charge is -2.33. The Bertz CT molecular complexity index is 1540. The number of unbranched alkanes of at least 4 members (excludes halogenated alkanes) is 2. The number of fused-ring (bicyclic) bond motifs is 1. The number of aromatic amines is 1. The average Bonchev–Trinajstić information content (AvgIpc) is 3.57. The van der Waals surface area contributed by atoms with Crippen LogP contribution in [-0.4, -0.2) is 41.4 Å². The van der Waals surface area contributed by atoms with Gasteiger partial charge in [-0.3, -0.25) is 14.3 Å². The maximum absolute atomic E-state index is 14.1. The molecule has 41 heavy (non-hydrogen) atoms. The van der Waals surface area contributed by atoms with Gasteiger partial charge in [-0.1, -0.05) is 68.3 Å². The number of rotatable bonds is 9. The van der Waals surface area contributed by atoms with Crippen molar-refractivity contribution >= 4 is 5.91 Å². The van der Waals surface area contributed by atoms with Crippen molar-refractivity contribution in [3.8, 4) is 22.5 Å². The van der Waals surface area contributed by atoms with Crippen molar-refractivity contribution in [3.05, 3.63) is 75.7 Å². The van der Waals surface area contributed by atoms with E-state index in [2.05, 4.69) is 74.8 Å². The molecule has 0 fully saturated rings. The fourth-order valence-corrected chi connectivity index (χ4v) is 5.94. The molecule has 4 aromatic rings. The standard InChI is InChI=1S/C32H41N7O2/c1-6-7-8-13-27-26(31(41)39-28(19-14-21(2)38(27)39)30(40)33-32(3,4)5)20-22-15-17-23(18-16-22)24-11-9-10-12-25(24)29-34-36-37-35-29/h9-12,15-18,21,28H,6-8,13-14,19-20H2,1-5H3,(H,33,40)(H,34,35,36,37). The van der Waals surface area contributed by atoms with Crippen LogP contribution in [0.1, 0.15) is 95.6 Å². The number of amides is 1. The summed E-state index contributed by atoms with van der Waals surface area (Å²) in [5.41, 5.74) is 5.55. The molecule has 2 atom stereocenters. The van der Waals surface area contributed by atoms with Crippen molar-refractivity contribution in [2.75, 3.05) is 0 Å². The molecular formula is C32H41N7O2. The van der Waals surface area contributed by atoms with Crippen LogP contribution in [0.25, 0.3) is 22.5 Å². The van der Waals surface area contributed by atoms with E-state index < -0.39 is 6.04 Å². The highest BCUT2D eigenvalue weighted by Gasteiger charge is 2.35. The van der Waals surface area contributed by atoms with Crippen LogP contribution in [-0.2, 0) is 17.6 Å². The van der Waals surface area contributed by atoms with Crippen LogP contribution in [0.4, 0.5) is 0 Å². The lowest BCUT2D eigenvalue weighted by atomic mass is 9.96. The maximum Gasteiger partial charge on any atom is 0.271 e. The van der Waals surface area contributed by atoms with E-state index in [0.29, 0.717) is 18.7 Å². The largest absolute Gasteiger partial charge is 0.350 e. The van der Waals surface area contributed by atoms with Crippen molar-refractivity contribution in [1.82, 2.24) is 35.3 Å². The summed E-state index contributed by atoms with van der Waals surface area (Å²) in [7, 11) is 0. The summed E-state index contributed by atoms with van der Waals surface area (Å²) in [5, 5.41) is 17.5. The number of aromatic nitrogens is 6. The third-order valence-corrected chi connectivity index (χ3v) is 7.89. The van der Waals surface area contributed by atoms with Crippen molar-refractivity contribution in [3.63, 3.8) is 0 Å². The van der Waals surface area contributed by atoms with Crippen molar-refractivity contribution < 1.29 is 4.79 Å². The first kappa shape index (κ1) is 28.5. The summed E-state index contributed by atoms with van der Waals surface area (Å²) in [5.74, 6) is 0.537. The van der Waals surface area contributed by atoms with Gasteiger partial charge in [0.2, 0.25) is 5.91 Å². The SMILES string of the molecule is CCCCCc1c(Cc2ccc(-c3ccccc3-c3nnn[nH]3)cc2)c(=O)n2n1C(C)CCC2C(=O)NC(C)(C)C. The molecular weight excluding hydrogens is 514 g/mol. The average molecular weight is 556 g/mol. The zero-order valence-electron chi connectivity index (χ0n) is 24.8. The molecule has 1 aliphatic rings. The van der Waals surface area contributed by atoms with E-state index in [0.717, 1.165) is 65.6 Å². The number of H-pyrrole nitrogens is 1. The molecule has 1 amide bonds. The van der Waals surface area contributed by atoms with Gasteiger partial charge >= 0.3 is 0 Å². The highest BCUT2D eigenvalue weighted by atomic mass is 16.2. The highest BCUT2D eigenvalue weighted by molar-refractivity contribution is 5.81. The lowest BCUT2D eigenvalue weighted by molar-refractivity contribution is -0.127. The minimum absolute atomic E-state index is 0.0376. The van der Waals surface area contributed by atoms with E-state index in [1.54, 1.807) is 4.68 Å². The van der Waals surface area contributed by atoms with Crippen LogP contribution in [0, 0.1) is 0 Å². The Morgan fingerprint density at radius 3 is 2.41 bits per heavy atom. The van der Waals surface area contributed by atoms with Gasteiger partial charge in [-0.25, -0.2) is 9.78 Å². The molecule has 2 aromatic heterocycles. The van der Waals surface area contributed by atoms with E-state index in [-0.39, 0.29) is 23.0 Å². The number of nitrogens with one attached hydrogen (secondary N) is 2. The van der Waals surface area contributed by atoms with Crippen LogP contribution < -0.4 is 10.9 Å². The Morgan fingerprint density at radius 1 is 1.02 bits per heavy atom. The molecule has 2 unspecified atom stereocenters. The van der Waals surface area contributed by atoms with Crippen molar-refractivity contribution in [1.29, 1.82) is 0 Å². The quantitative estimate of drug-likeness (QED) is 0.260. The normalized spacial score (nSPS) is 16.9. The van der Waals surface area contributed by atoms with Crippen molar-refractivity contribution in [2.24, 2.45) is 0 Å². The van der Waals surface area contributed by atoms with Crippen LogP contribution >= 0.6 is 0 Å². The Labute approximate surface area is 241 Å². The number of carbonyl (C=O) groups is 1. The molecule has 0 radical (unpaired) electrons. The van der Waals surface area contributed by atoms with Gasteiger partial charge in [0.15, 0.2) is 5.82 Å². The fourth-order valence-electron chi connectivity index (χ4n) is 5.94. The smallest absolute Gasteiger partial charge is 0.271 e. The molecule has 0 bridgehead atoms. The topological polar surface area (TPSA) is 110 Å². The number of hydrogen-bond acceptors (Lipinski definition) is 5. The Morgan fingerprint density at radius 2 is 1.76 bits per heavy atom. The van der Waals surface area contributed by atoms with E-state index in [1.165, 1.54) is 0 Å². The van der Waals surface area contributed by atoms with Gasteiger partial charge in [-0.2, -0.15) is 0 Å². The van der Waals surface area contributed by atoms with Crippen LogP contribution in [0.2, 0.25) is 0 Å². The number of nitrogens with zero attached hydrogens (tertiary/aromatic N) is 5. The molecule has 9 heteroatoms. The predicted molar refractivity (Wildman–Crippen MR) is 161 cm³/mol. The second kappa shape index (κ2) is 11.8. The molecule has 216 valence electrons. The molecule has 5 rings (SSSR count). The third kappa shape index (κ3) is 6.04. The molecule has 0 aliphatic carbocycles. The van der Waals surface area contributed by atoms with Gasteiger partial charge in [0.05, 0.1) is 0 Å². The summed E-state index contributed by atoms with van der Waals surface area (Å²) < 4.78 is 3.92. The van der Waals surface area contributed by atoms with E-state index in [1.807, 2.05) is 39.0 Å². The minimum atomic E-state index is -0.499. The zero-order valence-corrected chi connectivity index (χ0v) is 24.8. The van der Waals surface area contributed by atoms with E-state index in [4.69, 9.17) is 0 Å². The maximum atomic E-state index is 14.1. The van der Waals surface area contributed by atoms with Gasteiger partial charge < -0.3 is 5.32 Å². The van der Waals surface area contributed by atoms with Crippen LogP contribution in [0.5, 0.6) is 0 Å². The Hall–Kier alpha value is -4.01. The lowest BCUT2D eigenvalue weighted by Crippen LogP contribution is -2.48. The Kier molecular flexibility index (Phi) is 8.24. The van der Waals surface area contributed by atoms with Gasteiger partial charge in [0.1, 0.15) is 6.04 Å². The Balaban J connectivity index is 1.50. The molecule has 3 heterocycles. The first-order chi connectivity index (χ1) is 19.7. The molecule has 0 saturated heterocycles. The van der Waals surface area contributed by atoms with Gasteiger partial charge in [-0.15, -0.1) is 5.10 Å². The minimum Gasteiger partial charge on any atom is -0.350 e. The predicted octanol–water partition coefficient (Wildman–Crippen LogP) is 5.63. The summed E-state index contributed by atoms with van der Waals surface area (Å²) >= 11 is 0. The fraction of sp³-hybridized carbons (Fsp3) is 0.469. The number of tetrazole rings is 1. The highest BCUT2D eigenvalue weighted by Crippen LogP contribution is 2.33. The second-order valence-electron chi connectivity index (χ2n) is 12.2. The zero-order chi connectivity index (χ0) is 29.1. The van der Waals surface area contributed by atoms with Gasteiger partial charge in [0, 0.05) is 34.8 Å². The van der Waals surface area contributed by atoms with Gasteiger partial charge in [0.25, 0.3) is 5.56 Å².